The second kappa shape index (κ2) is 5.83. The van der Waals surface area contributed by atoms with Gasteiger partial charge in [0, 0.05) is 18.7 Å². The van der Waals surface area contributed by atoms with Crippen LogP contribution in [-0.2, 0) is 4.74 Å². The van der Waals surface area contributed by atoms with Gasteiger partial charge in [-0.3, -0.25) is 14.3 Å². The molecule has 0 spiro atoms. The lowest BCUT2D eigenvalue weighted by Gasteiger charge is -2.14. The molecule has 0 saturated carbocycles. The van der Waals surface area contributed by atoms with Crippen molar-refractivity contribution in [1.29, 1.82) is 5.26 Å². The van der Waals surface area contributed by atoms with E-state index in [-0.39, 0.29) is 18.6 Å². The molecule has 0 radical (unpaired) electrons. The summed E-state index contributed by atoms with van der Waals surface area (Å²) in [5.41, 5.74) is -1.17. The summed E-state index contributed by atoms with van der Waals surface area (Å²) in [6, 6.07) is 1.75. The minimum Gasteiger partial charge on any atom is -0.394 e. The smallest absolute Gasteiger partial charge is 0.330 e. The molecule has 20 heavy (non-hydrogen) atoms. The quantitative estimate of drug-likeness (QED) is 0.591. The van der Waals surface area contributed by atoms with E-state index in [1.165, 1.54) is 12.3 Å². The maximum absolute atomic E-state index is 11.7. The Hall–Kier alpha value is -2.21. The van der Waals surface area contributed by atoms with E-state index >= 15 is 0 Å². The molecule has 1 aliphatic rings. The number of H-pyrrole nitrogens is 1. The lowest BCUT2D eigenvalue weighted by Crippen LogP contribution is -2.33. The van der Waals surface area contributed by atoms with Gasteiger partial charge in [0.05, 0.1) is 24.3 Å². The van der Waals surface area contributed by atoms with Crippen LogP contribution in [0.4, 0.5) is 0 Å². The lowest BCUT2D eigenvalue weighted by atomic mass is 10.2. The van der Waals surface area contributed by atoms with Gasteiger partial charge in [-0.05, 0) is 6.08 Å². The predicted octanol–water partition coefficient (Wildman–Crippen LogP) is -1.29. The van der Waals surface area contributed by atoms with Crippen molar-refractivity contribution in [2.45, 2.75) is 24.9 Å². The number of hydrogen-bond acceptors (Lipinski definition) is 6. The molecule has 1 saturated heterocycles. The Morgan fingerprint density at radius 1 is 1.60 bits per heavy atom. The van der Waals surface area contributed by atoms with Gasteiger partial charge in [0.1, 0.15) is 12.3 Å². The summed E-state index contributed by atoms with van der Waals surface area (Å²) in [6.07, 6.45) is 1.33. The number of nitrogens with one attached hydrogen (secondary N) is 1. The van der Waals surface area contributed by atoms with Crippen molar-refractivity contribution in [3.63, 3.8) is 0 Å². The zero-order chi connectivity index (χ0) is 14.7. The second-order valence-electron chi connectivity index (χ2n) is 4.33. The first-order chi connectivity index (χ1) is 9.56. The van der Waals surface area contributed by atoms with Crippen molar-refractivity contribution in [2.75, 3.05) is 6.61 Å². The summed E-state index contributed by atoms with van der Waals surface area (Å²) in [5.74, 6) is 0. The van der Waals surface area contributed by atoms with E-state index in [1.807, 2.05) is 0 Å². The molecule has 0 aliphatic carbocycles. The first-order valence-corrected chi connectivity index (χ1v) is 5.93. The third-order valence-corrected chi connectivity index (χ3v) is 3.03. The summed E-state index contributed by atoms with van der Waals surface area (Å²) < 4.78 is 6.46. The molecule has 2 heterocycles. The van der Waals surface area contributed by atoms with Gasteiger partial charge in [-0.2, -0.15) is 5.26 Å². The molecule has 0 amide bonds. The number of allylic oxidation sites excluding steroid dienone is 1. The van der Waals surface area contributed by atoms with Crippen LogP contribution < -0.4 is 11.2 Å². The SMILES string of the molecule is N#C/C=C/c1cn([C@H]2C[C@H](O)[C@@H](CO)O2)c(=O)[nH]c1=O. The van der Waals surface area contributed by atoms with E-state index in [0.717, 1.165) is 10.6 Å². The number of aromatic nitrogens is 2. The van der Waals surface area contributed by atoms with Crippen LogP contribution in [0.1, 0.15) is 18.2 Å². The van der Waals surface area contributed by atoms with Crippen molar-refractivity contribution < 1.29 is 14.9 Å². The third kappa shape index (κ3) is 2.70. The Kier molecular flexibility index (Phi) is 4.14. The number of aliphatic hydroxyl groups is 2. The van der Waals surface area contributed by atoms with Crippen LogP contribution in [0.5, 0.6) is 0 Å². The van der Waals surface area contributed by atoms with Gasteiger partial charge in [-0.15, -0.1) is 0 Å². The zero-order valence-corrected chi connectivity index (χ0v) is 10.4. The Bertz CT molecular complexity index is 669. The van der Waals surface area contributed by atoms with Gasteiger partial charge in [-0.25, -0.2) is 4.79 Å². The molecule has 106 valence electrons. The predicted molar refractivity (Wildman–Crippen MR) is 67.6 cm³/mol. The first-order valence-electron chi connectivity index (χ1n) is 5.93. The minimum absolute atomic E-state index is 0.122. The van der Waals surface area contributed by atoms with Gasteiger partial charge in [0.2, 0.25) is 0 Å². The molecule has 0 unspecified atom stereocenters. The number of aromatic amines is 1. The topological polar surface area (TPSA) is 128 Å². The highest BCUT2D eigenvalue weighted by Crippen LogP contribution is 2.27. The number of rotatable bonds is 3. The maximum Gasteiger partial charge on any atom is 0.330 e. The van der Waals surface area contributed by atoms with Crippen LogP contribution in [0.15, 0.2) is 21.9 Å². The average Bonchev–Trinajstić information content (AvgIpc) is 2.79. The summed E-state index contributed by atoms with van der Waals surface area (Å²) in [4.78, 5) is 25.4. The summed E-state index contributed by atoms with van der Waals surface area (Å²) >= 11 is 0. The number of ether oxygens (including phenoxy) is 1. The molecule has 1 aliphatic heterocycles. The molecule has 3 N–H and O–H groups in total. The monoisotopic (exact) mass is 279 g/mol. The fourth-order valence-corrected chi connectivity index (χ4v) is 2.01. The molecule has 0 aromatic carbocycles. The van der Waals surface area contributed by atoms with Gasteiger partial charge < -0.3 is 14.9 Å². The highest BCUT2D eigenvalue weighted by molar-refractivity contribution is 5.49. The Morgan fingerprint density at radius 2 is 2.35 bits per heavy atom. The van der Waals surface area contributed by atoms with Crippen LogP contribution >= 0.6 is 0 Å². The van der Waals surface area contributed by atoms with Crippen molar-refractivity contribution in [3.05, 3.63) is 38.7 Å². The molecule has 3 atom stereocenters. The fraction of sp³-hybridized carbons (Fsp3) is 0.417. The third-order valence-electron chi connectivity index (χ3n) is 3.03. The number of nitrogens with zero attached hydrogens (tertiary/aromatic N) is 2. The minimum atomic E-state index is -0.887. The molecule has 1 fully saturated rings. The standard InChI is InChI=1S/C12H13N3O5/c13-3-1-2-7-5-15(12(19)14-11(7)18)10-4-8(17)9(6-16)20-10/h1-2,5,8-10,16-17H,4,6H2,(H,14,18,19)/b2-1+/t8-,9+,10+/m0/s1. The summed E-state index contributed by atoms with van der Waals surface area (Å²) in [6.45, 7) is -0.364. The van der Waals surface area contributed by atoms with Crippen LogP contribution in [0.25, 0.3) is 6.08 Å². The highest BCUT2D eigenvalue weighted by atomic mass is 16.5. The number of aliphatic hydroxyl groups excluding tert-OH is 2. The maximum atomic E-state index is 11.7. The molecule has 8 heteroatoms. The molecule has 8 nitrogen and oxygen atoms in total. The average molecular weight is 279 g/mol. The van der Waals surface area contributed by atoms with E-state index in [9.17, 15) is 14.7 Å². The Morgan fingerprint density at radius 3 is 2.95 bits per heavy atom. The normalized spacial score (nSPS) is 25.9. The molecule has 1 aromatic rings. The fourth-order valence-electron chi connectivity index (χ4n) is 2.01. The molecular weight excluding hydrogens is 266 g/mol. The van der Waals surface area contributed by atoms with Crippen molar-refractivity contribution in [1.82, 2.24) is 9.55 Å². The molecule has 2 rings (SSSR count). The van der Waals surface area contributed by atoms with Gasteiger partial charge in [0.25, 0.3) is 5.56 Å². The summed E-state index contributed by atoms with van der Waals surface area (Å²) in [5, 5.41) is 27.1. The largest absolute Gasteiger partial charge is 0.394 e. The number of hydrogen-bond donors (Lipinski definition) is 3. The summed E-state index contributed by atoms with van der Waals surface area (Å²) in [7, 11) is 0. The van der Waals surface area contributed by atoms with Crippen LogP contribution in [-0.4, -0.2) is 38.6 Å². The van der Waals surface area contributed by atoms with Crippen LogP contribution in [0, 0.1) is 11.3 Å². The first kappa shape index (κ1) is 14.2. The zero-order valence-electron chi connectivity index (χ0n) is 10.4. The van der Waals surface area contributed by atoms with Crippen LogP contribution in [0.3, 0.4) is 0 Å². The van der Waals surface area contributed by atoms with E-state index in [4.69, 9.17) is 15.1 Å². The van der Waals surface area contributed by atoms with E-state index in [2.05, 4.69) is 4.98 Å². The highest BCUT2D eigenvalue weighted by Gasteiger charge is 2.35. The van der Waals surface area contributed by atoms with Crippen molar-refractivity contribution in [2.24, 2.45) is 0 Å². The molecular formula is C12H13N3O5. The Labute approximate surface area is 113 Å². The number of nitriles is 1. The Balaban J connectivity index is 2.38. The lowest BCUT2D eigenvalue weighted by molar-refractivity contribution is -0.0459. The van der Waals surface area contributed by atoms with Gasteiger partial charge >= 0.3 is 5.69 Å². The van der Waals surface area contributed by atoms with Crippen molar-refractivity contribution >= 4 is 6.08 Å². The molecule has 0 bridgehead atoms. The van der Waals surface area contributed by atoms with Crippen LogP contribution in [0.2, 0.25) is 0 Å². The van der Waals surface area contributed by atoms with E-state index in [0.29, 0.717) is 0 Å². The van der Waals surface area contributed by atoms with Gasteiger partial charge in [0.15, 0.2) is 0 Å². The van der Waals surface area contributed by atoms with E-state index < -0.39 is 29.7 Å². The van der Waals surface area contributed by atoms with Crippen molar-refractivity contribution in [3.8, 4) is 6.07 Å². The van der Waals surface area contributed by atoms with E-state index in [1.54, 1.807) is 6.07 Å². The van der Waals surface area contributed by atoms with Gasteiger partial charge in [-0.1, -0.05) is 0 Å². The molecule has 1 aromatic heterocycles. The second-order valence-corrected chi connectivity index (χ2v) is 4.33.